The Kier molecular flexibility index (Phi) is 6.34. The number of carbonyl (C=O) groups excluding carboxylic acids is 1. The molecule has 27 heavy (non-hydrogen) atoms. The lowest BCUT2D eigenvalue weighted by atomic mass is 10.3. The monoisotopic (exact) mass is 388 g/mol. The van der Waals surface area contributed by atoms with Crippen LogP contribution in [0.3, 0.4) is 0 Å². The second kappa shape index (κ2) is 8.90. The van der Waals surface area contributed by atoms with Gasteiger partial charge in [0.25, 0.3) is 0 Å². The molecule has 1 aromatic heterocycles. The van der Waals surface area contributed by atoms with Crippen molar-refractivity contribution in [3.63, 3.8) is 0 Å². The molecule has 1 aliphatic rings. The van der Waals surface area contributed by atoms with E-state index in [1.165, 1.54) is 11.3 Å². The number of methoxy groups -OCH3 is 2. The molecule has 0 radical (unpaired) electrons. The molecule has 3 rings (SSSR count). The van der Waals surface area contributed by atoms with Gasteiger partial charge in [-0.1, -0.05) is 12.1 Å². The van der Waals surface area contributed by atoms with Crippen LogP contribution < -0.4 is 14.2 Å². The molecule has 7 heteroatoms. The summed E-state index contributed by atoms with van der Waals surface area (Å²) in [6, 6.07) is 5.49. The highest BCUT2D eigenvalue weighted by atomic mass is 32.1. The van der Waals surface area contributed by atoms with Crippen LogP contribution in [-0.4, -0.2) is 36.6 Å². The molecule has 0 aliphatic heterocycles. The molecule has 1 amide bonds. The van der Waals surface area contributed by atoms with Crippen LogP contribution in [0.1, 0.15) is 23.5 Å². The van der Waals surface area contributed by atoms with Gasteiger partial charge in [-0.3, -0.25) is 4.79 Å². The van der Waals surface area contributed by atoms with Gasteiger partial charge in [0.15, 0.2) is 11.5 Å². The lowest BCUT2D eigenvalue weighted by Crippen LogP contribution is -2.32. The Hall–Kier alpha value is -2.54. The molecule has 1 heterocycles. The molecular weight excluding hydrogens is 364 g/mol. The normalized spacial score (nSPS) is 13.1. The van der Waals surface area contributed by atoms with Crippen molar-refractivity contribution in [2.45, 2.75) is 26.0 Å². The molecule has 1 saturated carbocycles. The number of rotatable bonds is 10. The summed E-state index contributed by atoms with van der Waals surface area (Å²) in [4.78, 5) is 18.8. The largest absolute Gasteiger partial charge is 0.493 e. The standard InChI is InChI=1S/C20H24N2O4S/c1-4-10-22(20(23)14-8-9-14)11-15-13-27-18(21-15)12-26-19-16(24-2)6-5-7-17(19)25-3/h4-7,13-14H,1,8-12H2,2-3H3. The number of hydrogen-bond acceptors (Lipinski definition) is 6. The zero-order chi connectivity index (χ0) is 19.2. The topological polar surface area (TPSA) is 60.9 Å². The summed E-state index contributed by atoms with van der Waals surface area (Å²) >= 11 is 1.51. The Morgan fingerprint density at radius 3 is 2.63 bits per heavy atom. The smallest absolute Gasteiger partial charge is 0.226 e. The lowest BCUT2D eigenvalue weighted by molar-refractivity contribution is -0.132. The number of amides is 1. The summed E-state index contributed by atoms with van der Waals surface area (Å²) in [5.41, 5.74) is 0.862. The van der Waals surface area contributed by atoms with Crippen molar-refractivity contribution in [1.82, 2.24) is 9.88 Å². The second-order valence-electron chi connectivity index (χ2n) is 6.29. The van der Waals surface area contributed by atoms with E-state index in [1.807, 2.05) is 28.5 Å². The minimum absolute atomic E-state index is 0.185. The molecule has 1 aromatic carbocycles. The predicted octanol–water partition coefficient (Wildman–Crippen LogP) is 3.66. The summed E-state index contributed by atoms with van der Waals surface area (Å²) in [7, 11) is 3.18. The summed E-state index contributed by atoms with van der Waals surface area (Å²) in [5, 5.41) is 2.80. The number of carbonyl (C=O) groups is 1. The second-order valence-corrected chi connectivity index (χ2v) is 7.24. The van der Waals surface area contributed by atoms with Gasteiger partial charge in [0.05, 0.1) is 26.5 Å². The lowest BCUT2D eigenvalue weighted by Gasteiger charge is -2.19. The predicted molar refractivity (Wildman–Crippen MR) is 104 cm³/mol. The molecular formula is C20H24N2O4S. The molecule has 0 atom stereocenters. The fraction of sp³-hybridized carbons (Fsp3) is 0.400. The number of aromatic nitrogens is 1. The number of benzene rings is 1. The van der Waals surface area contributed by atoms with E-state index in [0.717, 1.165) is 23.5 Å². The molecule has 2 aromatic rings. The molecule has 144 valence electrons. The number of para-hydroxylation sites is 1. The Balaban J connectivity index is 1.64. The van der Waals surface area contributed by atoms with E-state index in [0.29, 0.717) is 36.9 Å². The van der Waals surface area contributed by atoms with Crippen LogP contribution >= 0.6 is 11.3 Å². The Labute approximate surface area is 163 Å². The highest BCUT2D eigenvalue weighted by Gasteiger charge is 2.33. The quantitative estimate of drug-likeness (QED) is 0.581. The van der Waals surface area contributed by atoms with Gasteiger partial charge in [-0.2, -0.15) is 0 Å². The number of thiazole rings is 1. The van der Waals surface area contributed by atoms with Crippen molar-refractivity contribution >= 4 is 17.2 Å². The molecule has 0 unspecified atom stereocenters. The zero-order valence-corrected chi connectivity index (χ0v) is 16.5. The van der Waals surface area contributed by atoms with Gasteiger partial charge in [0.2, 0.25) is 11.7 Å². The Morgan fingerprint density at radius 1 is 1.33 bits per heavy atom. The first-order valence-corrected chi connectivity index (χ1v) is 9.71. The number of nitrogens with zero attached hydrogens (tertiary/aromatic N) is 2. The van der Waals surface area contributed by atoms with Gasteiger partial charge in [-0.05, 0) is 25.0 Å². The third kappa shape index (κ3) is 4.80. The summed E-state index contributed by atoms with van der Waals surface area (Å²) in [6.07, 6.45) is 3.73. The van der Waals surface area contributed by atoms with Gasteiger partial charge in [0.1, 0.15) is 11.6 Å². The molecule has 1 aliphatic carbocycles. The van der Waals surface area contributed by atoms with E-state index in [4.69, 9.17) is 14.2 Å². The van der Waals surface area contributed by atoms with Crippen molar-refractivity contribution < 1.29 is 19.0 Å². The summed E-state index contributed by atoms with van der Waals surface area (Å²) in [5.74, 6) is 2.15. The van der Waals surface area contributed by atoms with Gasteiger partial charge < -0.3 is 19.1 Å². The van der Waals surface area contributed by atoms with Gasteiger partial charge in [-0.15, -0.1) is 17.9 Å². The van der Waals surface area contributed by atoms with Crippen molar-refractivity contribution in [3.05, 3.63) is 46.9 Å². The van der Waals surface area contributed by atoms with Crippen LogP contribution in [0.25, 0.3) is 0 Å². The molecule has 0 spiro atoms. The summed E-state index contributed by atoms with van der Waals surface area (Å²) in [6.45, 7) is 5.09. The minimum atomic E-state index is 0.185. The third-order valence-electron chi connectivity index (χ3n) is 4.26. The van der Waals surface area contributed by atoms with Crippen LogP contribution in [0.15, 0.2) is 36.2 Å². The first-order chi connectivity index (χ1) is 13.2. The number of hydrogen-bond donors (Lipinski definition) is 0. The van der Waals surface area contributed by atoms with Crippen LogP contribution in [0.5, 0.6) is 17.2 Å². The van der Waals surface area contributed by atoms with Crippen molar-refractivity contribution in [2.24, 2.45) is 5.92 Å². The van der Waals surface area contributed by atoms with E-state index in [1.54, 1.807) is 20.3 Å². The molecule has 1 fully saturated rings. The molecule has 0 bridgehead atoms. The van der Waals surface area contributed by atoms with Gasteiger partial charge >= 0.3 is 0 Å². The van der Waals surface area contributed by atoms with E-state index in [2.05, 4.69) is 11.6 Å². The van der Waals surface area contributed by atoms with Crippen molar-refractivity contribution in [3.8, 4) is 17.2 Å². The van der Waals surface area contributed by atoms with Crippen molar-refractivity contribution in [2.75, 3.05) is 20.8 Å². The molecule has 0 saturated heterocycles. The third-order valence-corrected chi connectivity index (χ3v) is 5.13. The Morgan fingerprint density at radius 2 is 2.04 bits per heavy atom. The maximum Gasteiger partial charge on any atom is 0.226 e. The Bertz CT molecular complexity index is 779. The van der Waals surface area contributed by atoms with Gasteiger partial charge in [0, 0.05) is 17.8 Å². The van der Waals surface area contributed by atoms with E-state index in [9.17, 15) is 4.79 Å². The maximum absolute atomic E-state index is 12.4. The van der Waals surface area contributed by atoms with Gasteiger partial charge in [-0.25, -0.2) is 4.98 Å². The van der Waals surface area contributed by atoms with E-state index in [-0.39, 0.29) is 11.8 Å². The average Bonchev–Trinajstić information content (AvgIpc) is 3.45. The maximum atomic E-state index is 12.4. The number of ether oxygens (including phenoxy) is 3. The fourth-order valence-electron chi connectivity index (χ4n) is 2.75. The van der Waals surface area contributed by atoms with Crippen molar-refractivity contribution in [1.29, 1.82) is 0 Å². The van der Waals surface area contributed by atoms with Crippen LogP contribution in [0.4, 0.5) is 0 Å². The first-order valence-electron chi connectivity index (χ1n) is 8.83. The van der Waals surface area contributed by atoms with E-state index >= 15 is 0 Å². The van der Waals surface area contributed by atoms with Crippen LogP contribution in [0.2, 0.25) is 0 Å². The van der Waals surface area contributed by atoms with Crippen LogP contribution in [0, 0.1) is 5.92 Å². The van der Waals surface area contributed by atoms with E-state index < -0.39 is 0 Å². The van der Waals surface area contributed by atoms with Crippen LogP contribution in [-0.2, 0) is 17.9 Å². The SMILES string of the molecule is C=CCN(Cc1csc(COc2c(OC)cccc2OC)n1)C(=O)C1CC1. The highest BCUT2D eigenvalue weighted by molar-refractivity contribution is 7.09. The first kappa shape index (κ1) is 19.2. The highest BCUT2D eigenvalue weighted by Crippen LogP contribution is 2.37. The minimum Gasteiger partial charge on any atom is -0.493 e. The fourth-order valence-corrected chi connectivity index (χ4v) is 3.45. The summed E-state index contributed by atoms with van der Waals surface area (Å²) < 4.78 is 16.6. The zero-order valence-electron chi connectivity index (χ0n) is 15.6. The molecule has 6 nitrogen and oxygen atoms in total. The molecule has 0 N–H and O–H groups in total. The average molecular weight is 388 g/mol.